The summed E-state index contributed by atoms with van der Waals surface area (Å²) in [6.07, 6.45) is 5.00. The largest absolute Gasteiger partial charge is 0.383 e. The van der Waals surface area contributed by atoms with Gasteiger partial charge in [0, 0.05) is 17.4 Å². The van der Waals surface area contributed by atoms with Crippen molar-refractivity contribution in [2.24, 2.45) is 0 Å². The number of nitrogens with zero attached hydrogens (tertiary/aromatic N) is 3. The number of nitrogens with one attached hydrogen (secondary N) is 1. The highest BCUT2D eigenvalue weighted by Crippen LogP contribution is 2.21. The van der Waals surface area contributed by atoms with Crippen LogP contribution in [0.15, 0.2) is 24.4 Å². The number of aromatic nitrogens is 2. The average Bonchev–Trinajstić information content (AvgIpc) is 2.49. The molecule has 3 N–H and O–H groups in total. The molecule has 2 rings (SSSR count). The Labute approximate surface area is 138 Å². The highest BCUT2D eigenvalue weighted by atomic mass is 15.1. The zero-order chi connectivity index (χ0) is 16.8. The Balaban J connectivity index is 2.00. The van der Waals surface area contributed by atoms with Gasteiger partial charge < -0.3 is 16.0 Å². The topological polar surface area (TPSA) is 67.1 Å². The van der Waals surface area contributed by atoms with Crippen LogP contribution in [0.25, 0.3) is 0 Å². The van der Waals surface area contributed by atoms with Crippen molar-refractivity contribution < 1.29 is 0 Å². The number of unbranched alkanes of at least 4 members (excludes halogenated alkanes) is 1. The number of anilines is 3. The molecule has 0 radical (unpaired) electrons. The van der Waals surface area contributed by atoms with Crippen LogP contribution in [0.5, 0.6) is 0 Å². The summed E-state index contributed by atoms with van der Waals surface area (Å²) >= 11 is 0. The molecule has 5 nitrogen and oxygen atoms in total. The van der Waals surface area contributed by atoms with Crippen molar-refractivity contribution in [2.75, 3.05) is 31.7 Å². The lowest BCUT2D eigenvalue weighted by molar-refractivity contribution is 0.394. The van der Waals surface area contributed by atoms with Gasteiger partial charge in [-0.25, -0.2) is 4.98 Å². The number of hydrogen-bond acceptors (Lipinski definition) is 5. The predicted molar refractivity (Wildman–Crippen MR) is 97.1 cm³/mol. The van der Waals surface area contributed by atoms with Crippen molar-refractivity contribution in [1.82, 2.24) is 14.9 Å². The van der Waals surface area contributed by atoms with Gasteiger partial charge in [0.05, 0.1) is 0 Å². The highest BCUT2D eigenvalue weighted by Gasteiger charge is 2.06. The number of aryl methyl sites for hydroxylation is 3. The fourth-order valence-electron chi connectivity index (χ4n) is 2.41. The quantitative estimate of drug-likeness (QED) is 0.768. The minimum absolute atomic E-state index is 0.549. The van der Waals surface area contributed by atoms with Crippen LogP contribution < -0.4 is 11.1 Å². The van der Waals surface area contributed by atoms with E-state index < -0.39 is 0 Å². The van der Waals surface area contributed by atoms with Crippen molar-refractivity contribution in [2.45, 2.75) is 33.1 Å². The molecular formula is C18H27N5. The van der Waals surface area contributed by atoms with E-state index in [-0.39, 0.29) is 0 Å². The van der Waals surface area contributed by atoms with Gasteiger partial charge in [-0.2, -0.15) is 4.98 Å². The van der Waals surface area contributed by atoms with Crippen LogP contribution >= 0.6 is 0 Å². The number of nitrogen functional groups attached to an aromatic ring is 1. The molecule has 2 aromatic rings. The van der Waals surface area contributed by atoms with E-state index in [1.165, 1.54) is 5.56 Å². The summed E-state index contributed by atoms with van der Waals surface area (Å²) in [5.74, 6) is 1.12. The molecule has 0 amide bonds. The van der Waals surface area contributed by atoms with E-state index in [1.54, 1.807) is 0 Å². The SMILES string of the molecule is Cc1ccc(C)c(Nc2ncc(CCCCN(C)C)c(N)n2)c1. The summed E-state index contributed by atoms with van der Waals surface area (Å²) in [5, 5.41) is 3.25. The minimum Gasteiger partial charge on any atom is -0.383 e. The maximum atomic E-state index is 6.08. The molecule has 0 saturated heterocycles. The lowest BCUT2D eigenvalue weighted by Crippen LogP contribution is -2.13. The van der Waals surface area contributed by atoms with Crippen molar-refractivity contribution in [1.29, 1.82) is 0 Å². The van der Waals surface area contributed by atoms with Crippen molar-refractivity contribution >= 4 is 17.5 Å². The van der Waals surface area contributed by atoms with Gasteiger partial charge in [0.2, 0.25) is 5.95 Å². The number of hydrogen-bond donors (Lipinski definition) is 2. The molecule has 124 valence electrons. The molecule has 1 aromatic carbocycles. The van der Waals surface area contributed by atoms with E-state index in [0.717, 1.165) is 42.6 Å². The van der Waals surface area contributed by atoms with Crippen LogP contribution in [0.1, 0.15) is 29.5 Å². The third-order valence-electron chi connectivity index (χ3n) is 3.84. The van der Waals surface area contributed by atoms with E-state index in [2.05, 4.69) is 66.3 Å². The average molecular weight is 313 g/mol. The van der Waals surface area contributed by atoms with E-state index in [9.17, 15) is 0 Å². The molecule has 0 aliphatic rings. The Kier molecular flexibility index (Phi) is 5.93. The van der Waals surface area contributed by atoms with Crippen LogP contribution in [0.3, 0.4) is 0 Å². The van der Waals surface area contributed by atoms with Gasteiger partial charge in [-0.15, -0.1) is 0 Å². The first kappa shape index (κ1) is 17.2. The van der Waals surface area contributed by atoms with Crippen LogP contribution in [0.2, 0.25) is 0 Å². The van der Waals surface area contributed by atoms with Gasteiger partial charge in [0.1, 0.15) is 5.82 Å². The Morgan fingerprint density at radius 2 is 1.96 bits per heavy atom. The lowest BCUT2D eigenvalue weighted by atomic mass is 10.1. The van der Waals surface area contributed by atoms with Crippen molar-refractivity contribution in [3.63, 3.8) is 0 Å². The van der Waals surface area contributed by atoms with Gasteiger partial charge in [0.15, 0.2) is 0 Å². The van der Waals surface area contributed by atoms with Crippen LogP contribution in [0.4, 0.5) is 17.5 Å². The predicted octanol–water partition coefficient (Wildman–Crippen LogP) is 3.30. The first-order valence-corrected chi connectivity index (χ1v) is 8.06. The Morgan fingerprint density at radius 1 is 1.17 bits per heavy atom. The van der Waals surface area contributed by atoms with Gasteiger partial charge in [0.25, 0.3) is 0 Å². The standard InChI is InChI=1S/C18H27N5/c1-13-8-9-14(2)16(11-13)21-18-20-12-15(17(19)22-18)7-5-6-10-23(3)4/h8-9,11-12H,5-7,10H2,1-4H3,(H3,19,20,21,22). The van der Waals surface area contributed by atoms with E-state index in [0.29, 0.717) is 11.8 Å². The minimum atomic E-state index is 0.549. The smallest absolute Gasteiger partial charge is 0.229 e. The zero-order valence-electron chi connectivity index (χ0n) is 14.6. The molecular weight excluding hydrogens is 286 g/mol. The van der Waals surface area contributed by atoms with Gasteiger partial charge >= 0.3 is 0 Å². The fraction of sp³-hybridized carbons (Fsp3) is 0.444. The molecule has 5 heteroatoms. The lowest BCUT2D eigenvalue weighted by Gasteiger charge is -2.12. The molecule has 0 fully saturated rings. The maximum Gasteiger partial charge on any atom is 0.229 e. The second-order valence-electron chi connectivity index (χ2n) is 6.31. The van der Waals surface area contributed by atoms with E-state index >= 15 is 0 Å². The molecule has 0 aliphatic carbocycles. The fourth-order valence-corrected chi connectivity index (χ4v) is 2.41. The summed E-state index contributed by atoms with van der Waals surface area (Å²) in [4.78, 5) is 11.0. The van der Waals surface area contributed by atoms with Crippen molar-refractivity contribution in [3.05, 3.63) is 41.1 Å². The molecule has 1 aromatic heterocycles. The summed E-state index contributed by atoms with van der Waals surface area (Å²) < 4.78 is 0. The zero-order valence-corrected chi connectivity index (χ0v) is 14.6. The van der Waals surface area contributed by atoms with E-state index in [1.807, 2.05) is 6.20 Å². The molecule has 0 spiro atoms. The summed E-state index contributed by atoms with van der Waals surface area (Å²) in [5.41, 5.74) is 10.5. The number of nitrogens with two attached hydrogens (primary N) is 1. The van der Waals surface area contributed by atoms with Crippen LogP contribution in [-0.4, -0.2) is 35.5 Å². The Bertz CT molecular complexity index is 652. The summed E-state index contributed by atoms with van der Waals surface area (Å²) in [6.45, 7) is 5.22. The van der Waals surface area contributed by atoms with Gasteiger partial charge in [-0.3, -0.25) is 0 Å². The second kappa shape index (κ2) is 7.92. The van der Waals surface area contributed by atoms with Crippen LogP contribution in [-0.2, 0) is 6.42 Å². The normalized spacial score (nSPS) is 11.0. The van der Waals surface area contributed by atoms with Crippen molar-refractivity contribution in [3.8, 4) is 0 Å². The third-order valence-corrected chi connectivity index (χ3v) is 3.84. The molecule has 0 bridgehead atoms. The molecule has 0 unspecified atom stereocenters. The third kappa shape index (κ3) is 5.21. The highest BCUT2D eigenvalue weighted by molar-refractivity contribution is 5.60. The summed E-state index contributed by atoms with van der Waals surface area (Å²) in [7, 11) is 4.18. The Morgan fingerprint density at radius 3 is 2.65 bits per heavy atom. The van der Waals surface area contributed by atoms with Gasteiger partial charge in [-0.05, 0) is 70.9 Å². The molecule has 23 heavy (non-hydrogen) atoms. The second-order valence-corrected chi connectivity index (χ2v) is 6.31. The first-order chi connectivity index (χ1) is 11.0. The molecule has 1 heterocycles. The molecule has 0 saturated carbocycles. The number of rotatable bonds is 7. The van der Waals surface area contributed by atoms with E-state index in [4.69, 9.17) is 5.73 Å². The first-order valence-electron chi connectivity index (χ1n) is 8.06. The van der Waals surface area contributed by atoms with Crippen LogP contribution in [0, 0.1) is 13.8 Å². The summed E-state index contributed by atoms with van der Waals surface area (Å²) in [6, 6.07) is 6.26. The molecule has 0 aliphatic heterocycles. The number of benzene rings is 1. The maximum absolute atomic E-state index is 6.08. The molecule has 0 atom stereocenters. The van der Waals surface area contributed by atoms with Gasteiger partial charge in [-0.1, -0.05) is 12.1 Å². The Hall–Kier alpha value is -2.14. The monoisotopic (exact) mass is 313 g/mol.